The van der Waals surface area contributed by atoms with Crippen molar-refractivity contribution in [2.75, 3.05) is 5.33 Å². The smallest absolute Gasteiger partial charge is 0.220 e. The molecule has 1 N–H and O–H groups in total. The first-order chi connectivity index (χ1) is 7.22. The van der Waals surface area contributed by atoms with Gasteiger partial charge in [-0.05, 0) is 25.7 Å². The molecular formula is C12H22BrNO. The molecule has 1 amide bonds. The van der Waals surface area contributed by atoms with Crippen LogP contribution in [0.1, 0.15) is 51.9 Å². The molecular weight excluding hydrogens is 254 g/mol. The number of carbonyl (C=O) groups excluding carboxylic acids is 1. The molecule has 3 heteroatoms. The third-order valence-electron chi connectivity index (χ3n) is 3.09. The molecule has 0 aromatic rings. The van der Waals surface area contributed by atoms with E-state index >= 15 is 0 Å². The van der Waals surface area contributed by atoms with Gasteiger partial charge in [-0.1, -0.05) is 41.6 Å². The van der Waals surface area contributed by atoms with Gasteiger partial charge < -0.3 is 5.32 Å². The Morgan fingerprint density at radius 1 is 1.33 bits per heavy atom. The largest absolute Gasteiger partial charge is 0.353 e. The molecule has 1 saturated carbocycles. The Hall–Kier alpha value is -0.0500. The van der Waals surface area contributed by atoms with E-state index < -0.39 is 0 Å². The van der Waals surface area contributed by atoms with Crippen LogP contribution in [0.5, 0.6) is 0 Å². The van der Waals surface area contributed by atoms with Gasteiger partial charge in [0.15, 0.2) is 0 Å². The summed E-state index contributed by atoms with van der Waals surface area (Å²) in [5.74, 6) is 0.865. The third-order valence-corrected chi connectivity index (χ3v) is 4.06. The van der Waals surface area contributed by atoms with Crippen LogP contribution >= 0.6 is 15.9 Å². The lowest BCUT2D eigenvalue weighted by molar-refractivity contribution is -0.122. The Morgan fingerprint density at radius 2 is 1.93 bits per heavy atom. The Bertz CT molecular complexity index is 188. The van der Waals surface area contributed by atoms with Gasteiger partial charge in [0.25, 0.3) is 0 Å². The molecule has 1 unspecified atom stereocenters. The second-order valence-electron chi connectivity index (χ2n) is 4.68. The average Bonchev–Trinajstić information content (AvgIpc) is 2.46. The van der Waals surface area contributed by atoms with Crippen LogP contribution in [0.25, 0.3) is 0 Å². The van der Waals surface area contributed by atoms with Gasteiger partial charge in [0.2, 0.25) is 5.91 Å². The van der Waals surface area contributed by atoms with Gasteiger partial charge in [-0.15, -0.1) is 0 Å². The number of halogens is 1. The van der Waals surface area contributed by atoms with E-state index in [4.69, 9.17) is 0 Å². The number of amides is 1. The van der Waals surface area contributed by atoms with Gasteiger partial charge >= 0.3 is 0 Å². The quantitative estimate of drug-likeness (QED) is 0.620. The second-order valence-corrected chi connectivity index (χ2v) is 5.33. The number of rotatable bonds is 4. The van der Waals surface area contributed by atoms with E-state index in [1.807, 2.05) is 6.92 Å². The molecule has 0 heterocycles. The standard InChI is InChI=1S/C12H22BrNO/c1-10(9-13)14-12(15)8-11-6-4-2-3-5-7-11/h10-11H,2-9H2,1H3,(H,14,15). The average molecular weight is 276 g/mol. The monoisotopic (exact) mass is 275 g/mol. The molecule has 2 nitrogen and oxygen atoms in total. The summed E-state index contributed by atoms with van der Waals surface area (Å²) in [6, 6.07) is 0.253. The van der Waals surface area contributed by atoms with Crippen molar-refractivity contribution in [3.8, 4) is 0 Å². The van der Waals surface area contributed by atoms with Crippen LogP contribution < -0.4 is 5.32 Å². The first-order valence-corrected chi connectivity index (χ1v) is 7.20. The highest BCUT2D eigenvalue weighted by atomic mass is 79.9. The van der Waals surface area contributed by atoms with Crippen LogP contribution in [0, 0.1) is 5.92 Å². The molecule has 1 rings (SSSR count). The molecule has 0 aromatic carbocycles. The molecule has 0 radical (unpaired) electrons. The Labute approximate surface area is 101 Å². The van der Waals surface area contributed by atoms with Gasteiger partial charge in [0, 0.05) is 17.8 Å². The molecule has 0 bridgehead atoms. The first-order valence-electron chi connectivity index (χ1n) is 6.07. The normalized spacial score (nSPS) is 20.7. The number of hydrogen-bond donors (Lipinski definition) is 1. The molecule has 0 aliphatic heterocycles. The fraction of sp³-hybridized carbons (Fsp3) is 0.917. The first kappa shape index (κ1) is 13.0. The molecule has 0 saturated heterocycles. The summed E-state index contributed by atoms with van der Waals surface area (Å²) >= 11 is 3.37. The molecule has 1 aliphatic rings. The maximum atomic E-state index is 11.7. The van der Waals surface area contributed by atoms with E-state index in [0.717, 1.165) is 11.8 Å². The summed E-state index contributed by atoms with van der Waals surface area (Å²) in [6.07, 6.45) is 8.56. The van der Waals surface area contributed by atoms with Gasteiger partial charge in [0.05, 0.1) is 0 Å². The minimum absolute atomic E-state index is 0.230. The summed E-state index contributed by atoms with van der Waals surface area (Å²) in [7, 11) is 0. The highest BCUT2D eigenvalue weighted by Crippen LogP contribution is 2.25. The summed E-state index contributed by atoms with van der Waals surface area (Å²) in [4.78, 5) is 11.7. The van der Waals surface area contributed by atoms with E-state index in [-0.39, 0.29) is 11.9 Å². The van der Waals surface area contributed by atoms with Crippen molar-refractivity contribution in [2.45, 2.75) is 57.9 Å². The van der Waals surface area contributed by atoms with E-state index in [1.165, 1.54) is 38.5 Å². The third kappa shape index (κ3) is 5.55. The molecule has 0 aromatic heterocycles. The minimum Gasteiger partial charge on any atom is -0.353 e. The molecule has 15 heavy (non-hydrogen) atoms. The van der Waals surface area contributed by atoms with Crippen LogP contribution in [0.4, 0.5) is 0 Å². The van der Waals surface area contributed by atoms with Crippen LogP contribution in [0.3, 0.4) is 0 Å². The summed E-state index contributed by atoms with van der Waals surface area (Å²) in [5, 5.41) is 3.85. The number of alkyl halides is 1. The zero-order chi connectivity index (χ0) is 11.1. The maximum Gasteiger partial charge on any atom is 0.220 e. The van der Waals surface area contributed by atoms with Crippen molar-refractivity contribution in [3.05, 3.63) is 0 Å². The van der Waals surface area contributed by atoms with Crippen LogP contribution in [-0.2, 0) is 4.79 Å². The lowest BCUT2D eigenvalue weighted by Crippen LogP contribution is -2.34. The Kier molecular flexibility index (Phi) is 6.30. The van der Waals surface area contributed by atoms with Crippen LogP contribution in [0.15, 0.2) is 0 Å². The van der Waals surface area contributed by atoms with Gasteiger partial charge in [-0.3, -0.25) is 4.79 Å². The van der Waals surface area contributed by atoms with Crippen molar-refractivity contribution in [3.63, 3.8) is 0 Å². The van der Waals surface area contributed by atoms with Crippen LogP contribution in [0.2, 0.25) is 0 Å². The SMILES string of the molecule is CC(CBr)NC(=O)CC1CCCCCC1. The second kappa shape index (κ2) is 7.26. The minimum atomic E-state index is 0.230. The van der Waals surface area contributed by atoms with Gasteiger partial charge in [-0.25, -0.2) is 0 Å². The van der Waals surface area contributed by atoms with Gasteiger partial charge in [0.1, 0.15) is 0 Å². The molecule has 88 valence electrons. The van der Waals surface area contributed by atoms with Crippen molar-refractivity contribution >= 4 is 21.8 Å². The highest BCUT2D eigenvalue weighted by molar-refractivity contribution is 9.09. The van der Waals surface area contributed by atoms with Crippen molar-refractivity contribution in [2.24, 2.45) is 5.92 Å². The van der Waals surface area contributed by atoms with Gasteiger partial charge in [-0.2, -0.15) is 0 Å². The topological polar surface area (TPSA) is 29.1 Å². The molecule has 1 atom stereocenters. The zero-order valence-corrected chi connectivity index (χ0v) is 11.2. The number of hydrogen-bond acceptors (Lipinski definition) is 1. The highest BCUT2D eigenvalue weighted by Gasteiger charge is 2.16. The van der Waals surface area contributed by atoms with Crippen molar-refractivity contribution < 1.29 is 4.79 Å². The predicted molar refractivity (Wildman–Crippen MR) is 67.2 cm³/mol. The Morgan fingerprint density at radius 3 is 2.47 bits per heavy atom. The fourth-order valence-corrected chi connectivity index (χ4v) is 2.36. The molecule has 0 spiro atoms. The maximum absolute atomic E-state index is 11.7. The van der Waals surface area contributed by atoms with E-state index in [9.17, 15) is 4.79 Å². The summed E-state index contributed by atoms with van der Waals surface area (Å²) in [5.41, 5.74) is 0. The number of nitrogens with one attached hydrogen (secondary N) is 1. The predicted octanol–water partition coefficient (Wildman–Crippen LogP) is 3.25. The Balaban J connectivity index is 2.23. The zero-order valence-electron chi connectivity index (χ0n) is 9.60. The van der Waals surface area contributed by atoms with E-state index in [1.54, 1.807) is 0 Å². The molecule has 1 aliphatic carbocycles. The van der Waals surface area contributed by atoms with Crippen molar-refractivity contribution in [1.82, 2.24) is 5.32 Å². The lowest BCUT2D eigenvalue weighted by atomic mass is 9.96. The number of carbonyl (C=O) groups is 1. The fourth-order valence-electron chi connectivity index (χ4n) is 2.20. The van der Waals surface area contributed by atoms with E-state index in [2.05, 4.69) is 21.2 Å². The molecule has 1 fully saturated rings. The summed E-state index contributed by atoms with van der Waals surface area (Å²) < 4.78 is 0. The van der Waals surface area contributed by atoms with Crippen molar-refractivity contribution in [1.29, 1.82) is 0 Å². The summed E-state index contributed by atoms with van der Waals surface area (Å²) in [6.45, 7) is 2.03. The lowest BCUT2D eigenvalue weighted by Gasteiger charge is -2.16. The van der Waals surface area contributed by atoms with E-state index in [0.29, 0.717) is 5.92 Å². The van der Waals surface area contributed by atoms with Crippen LogP contribution in [-0.4, -0.2) is 17.3 Å².